The van der Waals surface area contributed by atoms with Crippen LogP contribution in [-0.2, 0) is 21.4 Å². The maximum Gasteiger partial charge on any atom is 0.224 e. The number of rotatable bonds is 6. The van der Waals surface area contributed by atoms with Crippen molar-refractivity contribution >= 4 is 23.2 Å². The molecule has 5 heteroatoms. The van der Waals surface area contributed by atoms with Gasteiger partial charge < -0.3 is 15.4 Å². The Morgan fingerprint density at radius 1 is 0.963 bits per heavy atom. The second-order valence-corrected chi connectivity index (χ2v) is 7.59. The number of ether oxygens (including phenoxy) is 1. The van der Waals surface area contributed by atoms with Crippen molar-refractivity contribution in [2.75, 3.05) is 17.7 Å². The van der Waals surface area contributed by atoms with E-state index in [4.69, 9.17) is 4.74 Å². The Hall–Kier alpha value is -2.82. The summed E-state index contributed by atoms with van der Waals surface area (Å²) in [6, 6.07) is 13.5. The minimum absolute atomic E-state index is 0.113. The molecule has 0 atom stereocenters. The van der Waals surface area contributed by atoms with Gasteiger partial charge in [0, 0.05) is 19.4 Å². The quantitative estimate of drug-likeness (QED) is 0.787. The van der Waals surface area contributed by atoms with Gasteiger partial charge in [0.25, 0.3) is 0 Å². The molecule has 0 spiro atoms. The van der Waals surface area contributed by atoms with Crippen LogP contribution in [-0.4, -0.2) is 18.9 Å². The van der Waals surface area contributed by atoms with Crippen LogP contribution < -0.4 is 15.4 Å². The van der Waals surface area contributed by atoms with Gasteiger partial charge in [0.1, 0.15) is 5.75 Å². The first-order chi connectivity index (χ1) is 12.7. The molecule has 0 aliphatic heterocycles. The molecule has 2 aromatic rings. The largest absolute Gasteiger partial charge is 0.497 e. The van der Waals surface area contributed by atoms with E-state index in [1.807, 2.05) is 0 Å². The van der Waals surface area contributed by atoms with Crippen LogP contribution in [0.3, 0.4) is 0 Å². The molecule has 0 saturated heterocycles. The number of hydrogen-bond acceptors (Lipinski definition) is 3. The molecule has 0 aliphatic carbocycles. The maximum absolute atomic E-state index is 12.4. The first kappa shape index (κ1) is 20.5. The van der Waals surface area contributed by atoms with E-state index in [2.05, 4.69) is 55.7 Å². The second-order valence-electron chi connectivity index (χ2n) is 7.59. The number of nitrogens with one attached hydrogen (secondary N) is 2. The van der Waals surface area contributed by atoms with Gasteiger partial charge in [-0.05, 0) is 35.1 Å². The Morgan fingerprint density at radius 2 is 1.63 bits per heavy atom. The molecule has 2 N–H and O–H groups in total. The van der Waals surface area contributed by atoms with Crippen LogP contribution in [0.4, 0.5) is 11.4 Å². The molecule has 5 nitrogen and oxygen atoms in total. The molecule has 27 heavy (non-hydrogen) atoms. The Morgan fingerprint density at radius 3 is 2.19 bits per heavy atom. The summed E-state index contributed by atoms with van der Waals surface area (Å²) in [5, 5.41) is 5.58. The zero-order chi connectivity index (χ0) is 20.0. The van der Waals surface area contributed by atoms with Gasteiger partial charge in [0.15, 0.2) is 0 Å². The third-order valence-electron chi connectivity index (χ3n) is 4.27. The number of amides is 2. The third-order valence-corrected chi connectivity index (χ3v) is 4.27. The fraction of sp³-hybridized carbons (Fsp3) is 0.364. The Balaban J connectivity index is 2.02. The molecule has 0 unspecified atom stereocenters. The van der Waals surface area contributed by atoms with Gasteiger partial charge in [-0.2, -0.15) is 0 Å². The zero-order valence-electron chi connectivity index (χ0n) is 16.7. The molecular formula is C22H28N2O3. The van der Waals surface area contributed by atoms with E-state index in [0.29, 0.717) is 30.0 Å². The number of carbonyl (C=O) groups excluding carboxylic acids is 2. The third kappa shape index (κ3) is 6.13. The molecule has 0 fully saturated rings. The van der Waals surface area contributed by atoms with E-state index in [9.17, 15) is 9.59 Å². The monoisotopic (exact) mass is 368 g/mol. The summed E-state index contributed by atoms with van der Waals surface area (Å²) in [6.07, 6.45) is 1.00. The summed E-state index contributed by atoms with van der Waals surface area (Å²) in [4.78, 5) is 23.7. The highest BCUT2D eigenvalue weighted by Gasteiger charge is 2.13. The number of hydrogen-bond donors (Lipinski definition) is 2. The van der Waals surface area contributed by atoms with Gasteiger partial charge in [-0.25, -0.2) is 0 Å². The molecule has 0 heterocycles. The second kappa shape index (κ2) is 8.71. The van der Waals surface area contributed by atoms with Crippen molar-refractivity contribution in [1.82, 2.24) is 0 Å². The Bertz CT molecular complexity index is 805. The highest BCUT2D eigenvalue weighted by Crippen LogP contribution is 2.27. The average molecular weight is 368 g/mol. The van der Waals surface area contributed by atoms with Crippen LogP contribution in [0.25, 0.3) is 0 Å². The first-order valence-electron chi connectivity index (χ1n) is 9.04. The van der Waals surface area contributed by atoms with Crippen LogP contribution in [0.5, 0.6) is 5.75 Å². The van der Waals surface area contributed by atoms with E-state index in [-0.39, 0.29) is 17.2 Å². The van der Waals surface area contributed by atoms with Gasteiger partial charge >= 0.3 is 0 Å². The number of methoxy groups -OCH3 is 1. The van der Waals surface area contributed by atoms with Crippen molar-refractivity contribution < 1.29 is 14.3 Å². The van der Waals surface area contributed by atoms with Gasteiger partial charge in [0.2, 0.25) is 11.8 Å². The van der Waals surface area contributed by atoms with Gasteiger partial charge in [-0.15, -0.1) is 0 Å². The fourth-order valence-corrected chi connectivity index (χ4v) is 2.69. The smallest absolute Gasteiger partial charge is 0.224 e. The van der Waals surface area contributed by atoms with Crippen molar-refractivity contribution in [3.8, 4) is 5.75 Å². The summed E-state index contributed by atoms with van der Waals surface area (Å²) in [5.74, 6) is 0.293. The fourth-order valence-electron chi connectivity index (χ4n) is 2.69. The van der Waals surface area contributed by atoms with E-state index >= 15 is 0 Å². The van der Waals surface area contributed by atoms with Crippen LogP contribution in [0.2, 0.25) is 0 Å². The Labute approximate surface area is 161 Å². The molecular weight excluding hydrogens is 340 g/mol. The highest BCUT2D eigenvalue weighted by atomic mass is 16.5. The normalized spacial score (nSPS) is 11.0. The summed E-state index contributed by atoms with van der Waals surface area (Å²) in [6.45, 7) is 7.96. The molecule has 144 valence electrons. The minimum atomic E-state index is -0.199. The number of benzene rings is 2. The lowest BCUT2D eigenvalue weighted by molar-refractivity contribution is -0.116. The molecule has 0 saturated carbocycles. The van der Waals surface area contributed by atoms with Crippen molar-refractivity contribution in [2.45, 2.75) is 46.0 Å². The van der Waals surface area contributed by atoms with Gasteiger partial charge in [-0.1, -0.05) is 45.0 Å². The average Bonchev–Trinajstić information content (AvgIpc) is 2.60. The zero-order valence-corrected chi connectivity index (χ0v) is 16.7. The highest BCUT2D eigenvalue weighted by molar-refractivity contribution is 5.99. The SMILES string of the molecule is COc1ccc(NC(C)=O)c(NC(=O)CCc2ccc(C(C)(C)C)cc2)c1. The van der Waals surface area contributed by atoms with E-state index in [0.717, 1.165) is 5.56 Å². The lowest BCUT2D eigenvalue weighted by Crippen LogP contribution is -2.15. The predicted molar refractivity (Wildman–Crippen MR) is 109 cm³/mol. The summed E-state index contributed by atoms with van der Waals surface area (Å²) in [5.41, 5.74) is 3.57. The van der Waals surface area contributed by atoms with Crippen LogP contribution in [0.1, 0.15) is 45.2 Å². The summed E-state index contributed by atoms with van der Waals surface area (Å²) < 4.78 is 5.20. The molecule has 0 aromatic heterocycles. The lowest BCUT2D eigenvalue weighted by atomic mass is 9.86. The predicted octanol–water partition coefficient (Wildman–Crippen LogP) is 4.52. The van der Waals surface area contributed by atoms with Crippen molar-refractivity contribution in [1.29, 1.82) is 0 Å². The molecule has 2 aromatic carbocycles. The minimum Gasteiger partial charge on any atom is -0.497 e. The Kier molecular flexibility index (Phi) is 6.61. The van der Waals surface area contributed by atoms with Crippen molar-refractivity contribution in [3.63, 3.8) is 0 Å². The molecule has 0 bridgehead atoms. The van der Waals surface area contributed by atoms with Crippen LogP contribution in [0.15, 0.2) is 42.5 Å². The van der Waals surface area contributed by atoms with Crippen molar-refractivity contribution in [2.24, 2.45) is 0 Å². The van der Waals surface area contributed by atoms with E-state index in [1.54, 1.807) is 25.3 Å². The number of anilines is 2. The summed E-state index contributed by atoms with van der Waals surface area (Å²) >= 11 is 0. The van der Waals surface area contributed by atoms with Crippen molar-refractivity contribution in [3.05, 3.63) is 53.6 Å². The molecule has 2 amide bonds. The number of carbonyl (C=O) groups is 2. The maximum atomic E-state index is 12.4. The van der Waals surface area contributed by atoms with E-state index < -0.39 is 0 Å². The van der Waals surface area contributed by atoms with E-state index in [1.165, 1.54) is 12.5 Å². The first-order valence-corrected chi connectivity index (χ1v) is 9.04. The lowest BCUT2D eigenvalue weighted by Gasteiger charge is -2.19. The topological polar surface area (TPSA) is 67.4 Å². The number of aryl methyl sites for hydroxylation is 1. The molecule has 0 radical (unpaired) electrons. The van der Waals surface area contributed by atoms with Gasteiger partial charge in [0.05, 0.1) is 18.5 Å². The van der Waals surface area contributed by atoms with Gasteiger partial charge in [-0.3, -0.25) is 9.59 Å². The van der Waals surface area contributed by atoms with Crippen LogP contribution in [0, 0.1) is 0 Å². The molecule has 0 aliphatic rings. The van der Waals surface area contributed by atoms with Crippen LogP contribution >= 0.6 is 0 Å². The standard InChI is InChI=1S/C22H28N2O3/c1-15(25)23-19-12-11-18(27-5)14-20(19)24-21(26)13-8-16-6-9-17(10-7-16)22(2,3)4/h6-7,9-12,14H,8,13H2,1-5H3,(H,23,25)(H,24,26). The summed E-state index contributed by atoms with van der Waals surface area (Å²) in [7, 11) is 1.56. The molecule has 2 rings (SSSR count).